The first-order valence-corrected chi connectivity index (χ1v) is 18.7. The molecule has 0 saturated carbocycles. The van der Waals surface area contributed by atoms with Crippen LogP contribution in [-0.4, -0.2) is 39.5 Å². The third-order valence-electron chi connectivity index (χ3n) is 11.9. The summed E-state index contributed by atoms with van der Waals surface area (Å²) in [6.07, 6.45) is 6.71. The highest BCUT2D eigenvalue weighted by Crippen LogP contribution is 2.43. The maximum absolute atomic E-state index is 13.8. The summed E-state index contributed by atoms with van der Waals surface area (Å²) < 4.78 is 5.73. The fraction of sp³-hybridized carbons (Fsp3) is 0.234. The number of ether oxygens (including phenoxy) is 1. The third kappa shape index (κ3) is 5.89. The Morgan fingerprint density at radius 3 is 1.96 bits per heavy atom. The van der Waals surface area contributed by atoms with Crippen molar-refractivity contribution in [3.63, 3.8) is 0 Å². The number of nitrogens with one attached hydrogen (secondary N) is 2. The molecule has 4 aromatic rings. The van der Waals surface area contributed by atoms with E-state index in [0.29, 0.717) is 28.0 Å². The number of aliphatic imine (C=N–C) groups is 2. The summed E-state index contributed by atoms with van der Waals surface area (Å²) >= 11 is 0. The maximum Gasteiger partial charge on any atom is 0.357 e. The predicted molar refractivity (Wildman–Crippen MR) is 218 cm³/mol. The summed E-state index contributed by atoms with van der Waals surface area (Å²) in [5.74, 6) is -1.16. The number of carbonyl (C=O) groups is 3. The molecular weight excluding hydrogens is 699 g/mol. The summed E-state index contributed by atoms with van der Waals surface area (Å²) in [6.45, 7) is 14.4. The van der Waals surface area contributed by atoms with Crippen molar-refractivity contribution in [3.8, 4) is 6.07 Å². The molecule has 8 rings (SSSR count). The van der Waals surface area contributed by atoms with Crippen molar-refractivity contribution in [1.29, 1.82) is 5.26 Å². The van der Waals surface area contributed by atoms with E-state index in [1.807, 2.05) is 63.3 Å². The number of H-pyrrole nitrogens is 1. The zero-order chi connectivity index (χ0) is 39.7. The number of fused-ring (bicyclic) bond motifs is 3. The summed E-state index contributed by atoms with van der Waals surface area (Å²) in [5.41, 5.74) is 11.1. The molecule has 1 saturated heterocycles. The van der Waals surface area contributed by atoms with Crippen molar-refractivity contribution in [2.24, 2.45) is 15.4 Å². The summed E-state index contributed by atoms with van der Waals surface area (Å²) in [7, 11) is 0. The monoisotopic (exact) mass is 739 g/mol. The quantitative estimate of drug-likeness (QED) is 0.167. The fourth-order valence-electron chi connectivity index (χ4n) is 7.73. The average molecular weight is 740 g/mol. The first-order valence-electron chi connectivity index (χ1n) is 18.7. The highest BCUT2D eigenvalue weighted by Gasteiger charge is 2.48. The van der Waals surface area contributed by atoms with E-state index in [2.05, 4.69) is 50.1 Å². The second-order valence-electron chi connectivity index (χ2n) is 15.8. The molecule has 4 heterocycles. The summed E-state index contributed by atoms with van der Waals surface area (Å²) in [6, 6.07) is 21.9. The van der Waals surface area contributed by atoms with Crippen LogP contribution in [0.4, 0.5) is 0 Å². The van der Waals surface area contributed by atoms with E-state index in [9.17, 15) is 19.6 Å². The number of ketones is 2. The Morgan fingerprint density at radius 1 is 0.768 bits per heavy atom. The lowest BCUT2D eigenvalue weighted by atomic mass is 9.75. The van der Waals surface area contributed by atoms with Crippen LogP contribution in [0.5, 0.6) is 0 Å². The zero-order valence-corrected chi connectivity index (χ0v) is 32.5. The van der Waals surface area contributed by atoms with Crippen LogP contribution in [0.3, 0.4) is 0 Å². The Kier molecular flexibility index (Phi) is 8.61. The molecule has 0 bridgehead atoms. The van der Waals surface area contributed by atoms with Crippen molar-refractivity contribution in [2.75, 3.05) is 0 Å². The van der Waals surface area contributed by atoms with Crippen molar-refractivity contribution in [1.82, 2.24) is 10.3 Å². The van der Waals surface area contributed by atoms with Crippen molar-refractivity contribution < 1.29 is 19.1 Å². The van der Waals surface area contributed by atoms with Gasteiger partial charge in [0.15, 0.2) is 17.3 Å². The number of benzene rings is 3. The SMILES string of the molecule is CC1=C(C)C(/C=C2/CC(C)(C)C(C)(C#N)N2)=NC1=Cc1[nH]c(/C=C2\N=C(C(=O)OCc3ccccc3)c3cc4c(cc32)C(=O)c2ccccc2C4=O)c(C)c1C. The number of hydrogen-bond donors (Lipinski definition) is 2. The van der Waals surface area contributed by atoms with Gasteiger partial charge in [-0.2, -0.15) is 5.26 Å². The van der Waals surface area contributed by atoms with Gasteiger partial charge in [0.05, 0.1) is 23.2 Å². The van der Waals surface area contributed by atoms with Gasteiger partial charge in [-0.25, -0.2) is 14.8 Å². The van der Waals surface area contributed by atoms with Crippen LogP contribution in [0.2, 0.25) is 0 Å². The van der Waals surface area contributed by atoms with E-state index in [1.54, 1.807) is 36.4 Å². The molecule has 0 amide bonds. The molecule has 4 aliphatic rings. The Morgan fingerprint density at radius 2 is 1.36 bits per heavy atom. The van der Waals surface area contributed by atoms with E-state index in [4.69, 9.17) is 14.7 Å². The van der Waals surface area contributed by atoms with Crippen molar-refractivity contribution in [2.45, 2.75) is 67.0 Å². The molecule has 1 aliphatic carbocycles. The summed E-state index contributed by atoms with van der Waals surface area (Å²) in [4.78, 5) is 54.5. The number of allylic oxidation sites excluding steroid dienone is 4. The van der Waals surface area contributed by atoms with Gasteiger partial charge in [0, 0.05) is 55.9 Å². The molecule has 2 N–H and O–H groups in total. The molecule has 9 heteroatoms. The van der Waals surface area contributed by atoms with Gasteiger partial charge in [-0.3, -0.25) is 9.59 Å². The molecule has 1 aromatic heterocycles. The van der Waals surface area contributed by atoms with E-state index >= 15 is 0 Å². The zero-order valence-electron chi connectivity index (χ0n) is 32.5. The van der Waals surface area contributed by atoms with Gasteiger partial charge >= 0.3 is 5.97 Å². The van der Waals surface area contributed by atoms with Crippen LogP contribution in [0, 0.1) is 30.6 Å². The van der Waals surface area contributed by atoms with E-state index < -0.39 is 11.5 Å². The second kappa shape index (κ2) is 13.3. The first kappa shape index (κ1) is 36.3. The smallest absolute Gasteiger partial charge is 0.357 e. The number of esters is 1. The topological polar surface area (TPSA) is 137 Å². The minimum Gasteiger partial charge on any atom is -0.456 e. The number of aromatic amines is 1. The normalized spacial score (nSPS) is 21.5. The minimum atomic E-state index is -0.669. The van der Waals surface area contributed by atoms with Crippen LogP contribution in [-0.2, 0) is 16.1 Å². The molecule has 56 heavy (non-hydrogen) atoms. The van der Waals surface area contributed by atoms with Gasteiger partial charge in [0.25, 0.3) is 0 Å². The molecule has 0 radical (unpaired) electrons. The van der Waals surface area contributed by atoms with E-state index in [0.717, 1.165) is 62.8 Å². The predicted octanol–water partition coefficient (Wildman–Crippen LogP) is 8.77. The Hall–Kier alpha value is -6.66. The Bertz CT molecular complexity index is 2670. The van der Waals surface area contributed by atoms with Crippen LogP contribution in [0.25, 0.3) is 17.8 Å². The second-order valence-corrected chi connectivity index (χ2v) is 15.8. The highest BCUT2D eigenvalue weighted by atomic mass is 16.5. The molecule has 1 fully saturated rings. The number of hydrogen-bond acceptors (Lipinski definition) is 8. The molecule has 1 atom stereocenters. The lowest BCUT2D eigenvalue weighted by Gasteiger charge is -2.30. The fourth-order valence-corrected chi connectivity index (χ4v) is 7.73. The van der Waals surface area contributed by atoms with E-state index in [-0.39, 0.29) is 40.4 Å². The van der Waals surface area contributed by atoms with E-state index in [1.165, 1.54) is 0 Å². The lowest BCUT2D eigenvalue weighted by molar-refractivity contribution is -0.136. The molecule has 3 aromatic carbocycles. The van der Waals surface area contributed by atoms with Gasteiger partial charge in [0.2, 0.25) is 0 Å². The van der Waals surface area contributed by atoms with Crippen LogP contribution < -0.4 is 5.32 Å². The Balaban J connectivity index is 1.17. The highest BCUT2D eigenvalue weighted by molar-refractivity contribution is 6.47. The molecule has 0 spiro atoms. The van der Waals surface area contributed by atoms with Crippen molar-refractivity contribution >= 4 is 46.8 Å². The molecule has 3 aliphatic heterocycles. The Labute approximate surface area is 325 Å². The summed E-state index contributed by atoms with van der Waals surface area (Å²) in [5, 5.41) is 13.3. The first-order chi connectivity index (χ1) is 26.7. The van der Waals surface area contributed by atoms with Crippen LogP contribution >= 0.6 is 0 Å². The van der Waals surface area contributed by atoms with Gasteiger partial charge in [-0.1, -0.05) is 68.4 Å². The number of aromatic nitrogens is 1. The van der Waals surface area contributed by atoms with Gasteiger partial charge in [0.1, 0.15) is 12.1 Å². The van der Waals surface area contributed by atoms with Crippen molar-refractivity contribution in [3.05, 3.63) is 157 Å². The standard InChI is InChI=1S/C47H41N5O4/c1-25-26(2)38(49-37(25)17-30-22-46(5,6)47(7,24-48)52-30)20-39-27(3)28(4)40(50-39)21-41-33-18-35-36(44(54)32-16-12-11-15-31(32)43(35)53)19-34(33)42(51-41)45(55)56-23-29-13-9-8-10-14-29/h8-21,50,52H,22-23H2,1-7H3/b30-17-,38-20?,41-21-. The average Bonchev–Trinajstić information content (AvgIpc) is 3.84. The number of carbonyl (C=O) groups excluding carboxylic acids is 3. The minimum absolute atomic E-state index is 0.0537. The van der Waals surface area contributed by atoms with Crippen LogP contribution in [0.1, 0.15) is 112 Å². The molecule has 9 nitrogen and oxygen atoms in total. The van der Waals surface area contributed by atoms with Gasteiger partial charge in [-0.05, 0) is 99.2 Å². The molecule has 1 unspecified atom stereocenters. The number of rotatable bonds is 6. The number of nitriles is 1. The largest absolute Gasteiger partial charge is 0.456 e. The number of nitrogens with zero attached hydrogens (tertiary/aromatic N) is 3. The maximum atomic E-state index is 13.8. The third-order valence-corrected chi connectivity index (χ3v) is 11.9. The van der Waals surface area contributed by atoms with Gasteiger partial charge < -0.3 is 15.0 Å². The van der Waals surface area contributed by atoms with Crippen LogP contribution in [0.15, 0.2) is 105 Å². The molecule has 278 valence electrons. The molecular formula is C47H41N5O4. The lowest BCUT2D eigenvalue weighted by Crippen LogP contribution is -2.44. The van der Waals surface area contributed by atoms with Gasteiger partial charge in [-0.15, -0.1) is 0 Å².